The molecule has 0 aliphatic carbocycles. The molecule has 3 rings (SSSR count). The van der Waals surface area contributed by atoms with Gasteiger partial charge in [-0.25, -0.2) is 0 Å². The third kappa shape index (κ3) is 4.75. The normalized spacial score (nSPS) is 18.9. The van der Waals surface area contributed by atoms with Crippen LogP contribution in [0, 0.1) is 11.8 Å². The number of benzene rings is 1. The molecule has 0 bridgehead atoms. The van der Waals surface area contributed by atoms with Crippen LogP contribution in [0.3, 0.4) is 0 Å². The zero-order valence-electron chi connectivity index (χ0n) is 13.6. The largest absolute Gasteiger partial charge is 0.370 e. The standard InChI is InChI=1S/C17H25N3O.2ClH/c1-13(14-11-18-12-14)17(21)19-15-7-3-4-8-16(15)20-9-5-2-6-10-20;;/h3-4,7-8,13-14,18H,2,5-6,9-12H2,1H3,(H,19,21);2*1H. The molecule has 23 heavy (non-hydrogen) atoms. The molecule has 2 fully saturated rings. The molecule has 2 heterocycles. The number of carbonyl (C=O) groups excluding carboxylic acids is 1. The lowest BCUT2D eigenvalue weighted by atomic mass is 9.88. The molecule has 2 aliphatic rings. The highest BCUT2D eigenvalue weighted by atomic mass is 35.5. The average Bonchev–Trinajstić information content (AvgIpc) is 2.47. The van der Waals surface area contributed by atoms with Crippen LogP contribution in [0.1, 0.15) is 26.2 Å². The van der Waals surface area contributed by atoms with Crippen LogP contribution in [0.25, 0.3) is 0 Å². The molecule has 2 saturated heterocycles. The predicted molar refractivity (Wildman–Crippen MR) is 101 cm³/mol. The fourth-order valence-electron chi connectivity index (χ4n) is 3.12. The minimum atomic E-state index is 0. The van der Waals surface area contributed by atoms with Gasteiger partial charge in [0.25, 0.3) is 0 Å². The summed E-state index contributed by atoms with van der Waals surface area (Å²) in [7, 11) is 0. The maximum absolute atomic E-state index is 12.4. The van der Waals surface area contributed by atoms with Crippen LogP contribution >= 0.6 is 24.8 Å². The van der Waals surface area contributed by atoms with Gasteiger partial charge in [0.2, 0.25) is 5.91 Å². The van der Waals surface area contributed by atoms with E-state index < -0.39 is 0 Å². The van der Waals surface area contributed by atoms with E-state index in [1.807, 2.05) is 19.1 Å². The zero-order chi connectivity index (χ0) is 14.7. The van der Waals surface area contributed by atoms with E-state index in [1.54, 1.807) is 0 Å². The molecule has 1 aromatic rings. The summed E-state index contributed by atoms with van der Waals surface area (Å²) in [6.45, 7) is 6.14. The van der Waals surface area contributed by atoms with Gasteiger partial charge in [-0.15, -0.1) is 24.8 Å². The molecule has 1 amide bonds. The third-order valence-electron chi connectivity index (χ3n) is 4.79. The second kappa shape index (κ2) is 9.36. The highest BCUT2D eigenvalue weighted by Crippen LogP contribution is 2.29. The molecule has 2 aliphatic heterocycles. The number of anilines is 2. The molecule has 1 atom stereocenters. The molecule has 0 aromatic heterocycles. The van der Waals surface area contributed by atoms with Crippen LogP contribution < -0.4 is 15.5 Å². The molecule has 1 unspecified atom stereocenters. The first-order valence-corrected chi connectivity index (χ1v) is 8.11. The number of hydrogen-bond acceptors (Lipinski definition) is 3. The van der Waals surface area contributed by atoms with Gasteiger partial charge in [0.05, 0.1) is 11.4 Å². The summed E-state index contributed by atoms with van der Waals surface area (Å²) in [6.07, 6.45) is 3.80. The van der Waals surface area contributed by atoms with E-state index in [9.17, 15) is 4.79 Å². The fraction of sp³-hybridized carbons (Fsp3) is 0.588. The number of para-hydroxylation sites is 2. The number of nitrogens with zero attached hydrogens (tertiary/aromatic N) is 1. The summed E-state index contributed by atoms with van der Waals surface area (Å²) in [6, 6.07) is 8.20. The zero-order valence-corrected chi connectivity index (χ0v) is 15.2. The second-order valence-corrected chi connectivity index (χ2v) is 6.26. The number of nitrogens with one attached hydrogen (secondary N) is 2. The highest BCUT2D eigenvalue weighted by Gasteiger charge is 2.29. The quantitative estimate of drug-likeness (QED) is 0.866. The lowest BCUT2D eigenvalue weighted by molar-refractivity contribution is -0.121. The lowest BCUT2D eigenvalue weighted by Crippen LogP contribution is -2.48. The van der Waals surface area contributed by atoms with Gasteiger partial charge >= 0.3 is 0 Å². The number of halogens is 2. The molecule has 130 valence electrons. The Morgan fingerprint density at radius 1 is 1.17 bits per heavy atom. The van der Waals surface area contributed by atoms with Crippen LogP contribution in [0.4, 0.5) is 11.4 Å². The first kappa shape index (κ1) is 20.1. The van der Waals surface area contributed by atoms with Crippen molar-refractivity contribution in [2.45, 2.75) is 26.2 Å². The smallest absolute Gasteiger partial charge is 0.227 e. The Hall–Kier alpha value is -0.970. The van der Waals surface area contributed by atoms with Crippen molar-refractivity contribution >= 4 is 42.1 Å². The molecular weight excluding hydrogens is 333 g/mol. The van der Waals surface area contributed by atoms with Crippen LogP contribution in [-0.4, -0.2) is 32.1 Å². The van der Waals surface area contributed by atoms with E-state index in [-0.39, 0.29) is 36.6 Å². The SMILES string of the molecule is CC(C(=O)Nc1ccccc1N1CCCCC1)C1CNC1.Cl.Cl. The van der Waals surface area contributed by atoms with Crippen LogP contribution in [0.15, 0.2) is 24.3 Å². The van der Waals surface area contributed by atoms with Crippen molar-refractivity contribution in [3.05, 3.63) is 24.3 Å². The summed E-state index contributed by atoms with van der Waals surface area (Å²) in [5.74, 6) is 0.693. The van der Waals surface area contributed by atoms with E-state index in [2.05, 4.69) is 27.7 Å². The Bertz CT molecular complexity index is 502. The number of rotatable bonds is 4. The number of hydrogen-bond donors (Lipinski definition) is 2. The number of piperidine rings is 1. The summed E-state index contributed by atoms with van der Waals surface area (Å²) < 4.78 is 0. The Morgan fingerprint density at radius 3 is 2.43 bits per heavy atom. The molecule has 6 heteroatoms. The first-order chi connectivity index (χ1) is 10.3. The van der Waals surface area contributed by atoms with Gasteiger partial charge in [-0.05, 0) is 50.4 Å². The van der Waals surface area contributed by atoms with Crippen molar-refractivity contribution in [3.8, 4) is 0 Å². The number of amides is 1. The molecular formula is C17H27Cl2N3O. The lowest BCUT2D eigenvalue weighted by Gasteiger charge is -2.33. The van der Waals surface area contributed by atoms with Crippen molar-refractivity contribution in [1.29, 1.82) is 0 Å². The van der Waals surface area contributed by atoms with Crippen molar-refractivity contribution in [1.82, 2.24) is 5.32 Å². The van der Waals surface area contributed by atoms with Gasteiger partial charge in [-0.1, -0.05) is 19.1 Å². The minimum absolute atomic E-state index is 0. The monoisotopic (exact) mass is 359 g/mol. The molecule has 2 N–H and O–H groups in total. The first-order valence-electron chi connectivity index (χ1n) is 8.11. The topological polar surface area (TPSA) is 44.4 Å². The number of carbonyl (C=O) groups is 1. The Morgan fingerprint density at radius 2 is 1.83 bits per heavy atom. The maximum Gasteiger partial charge on any atom is 0.227 e. The Kier molecular flexibility index (Phi) is 8.17. The molecule has 1 aromatic carbocycles. The van der Waals surface area contributed by atoms with Crippen LogP contribution in [-0.2, 0) is 4.79 Å². The maximum atomic E-state index is 12.4. The summed E-state index contributed by atoms with van der Waals surface area (Å²) >= 11 is 0. The minimum Gasteiger partial charge on any atom is -0.370 e. The van der Waals surface area contributed by atoms with Gasteiger partial charge in [0.15, 0.2) is 0 Å². The Labute approximate surface area is 151 Å². The van der Waals surface area contributed by atoms with E-state index in [4.69, 9.17) is 0 Å². The van der Waals surface area contributed by atoms with Crippen LogP contribution in [0.5, 0.6) is 0 Å². The van der Waals surface area contributed by atoms with Crippen molar-refractivity contribution in [3.63, 3.8) is 0 Å². The van der Waals surface area contributed by atoms with E-state index >= 15 is 0 Å². The second-order valence-electron chi connectivity index (χ2n) is 6.26. The summed E-state index contributed by atoms with van der Waals surface area (Å²) in [5.41, 5.74) is 2.13. The van der Waals surface area contributed by atoms with E-state index in [0.29, 0.717) is 5.92 Å². The summed E-state index contributed by atoms with van der Waals surface area (Å²) in [5, 5.41) is 6.38. The van der Waals surface area contributed by atoms with Crippen LogP contribution in [0.2, 0.25) is 0 Å². The highest BCUT2D eigenvalue weighted by molar-refractivity contribution is 5.95. The molecule has 0 spiro atoms. The van der Waals surface area contributed by atoms with Gasteiger partial charge in [0.1, 0.15) is 0 Å². The van der Waals surface area contributed by atoms with Gasteiger partial charge < -0.3 is 15.5 Å². The van der Waals surface area contributed by atoms with Gasteiger partial charge in [-0.2, -0.15) is 0 Å². The van der Waals surface area contributed by atoms with E-state index in [0.717, 1.165) is 31.9 Å². The summed E-state index contributed by atoms with van der Waals surface area (Å²) in [4.78, 5) is 14.8. The predicted octanol–water partition coefficient (Wildman–Crippen LogP) is 3.31. The van der Waals surface area contributed by atoms with E-state index in [1.165, 1.54) is 24.9 Å². The molecule has 0 radical (unpaired) electrons. The van der Waals surface area contributed by atoms with Crippen molar-refractivity contribution < 1.29 is 4.79 Å². The fourth-order valence-corrected chi connectivity index (χ4v) is 3.12. The average molecular weight is 360 g/mol. The molecule has 4 nitrogen and oxygen atoms in total. The van der Waals surface area contributed by atoms with Crippen molar-refractivity contribution in [2.75, 3.05) is 36.4 Å². The van der Waals surface area contributed by atoms with Gasteiger partial charge in [-0.3, -0.25) is 4.79 Å². The molecule has 0 saturated carbocycles. The van der Waals surface area contributed by atoms with Gasteiger partial charge in [0, 0.05) is 19.0 Å². The Balaban J connectivity index is 0.00000132. The van der Waals surface area contributed by atoms with Crippen molar-refractivity contribution in [2.24, 2.45) is 11.8 Å². The third-order valence-corrected chi connectivity index (χ3v) is 4.79.